The number of carbonyl (C=O) groups is 1. The highest BCUT2D eigenvalue weighted by Gasteiger charge is 2.24. The molecule has 0 aliphatic carbocycles. The summed E-state index contributed by atoms with van der Waals surface area (Å²) >= 11 is 2.16. The lowest BCUT2D eigenvalue weighted by Gasteiger charge is -2.15. The molecular weight excluding hydrogens is 476 g/mol. The lowest BCUT2D eigenvalue weighted by atomic mass is 10.1. The van der Waals surface area contributed by atoms with Crippen molar-refractivity contribution in [2.24, 2.45) is 10.9 Å². The van der Waals surface area contributed by atoms with Gasteiger partial charge in [-0.25, -0.2) is 14.2 Å². The first-order valence-corrected chi connectivity index (χ1v) is 9.74. The summed E-state index contributed by atoms with van der Waals surface area (Å²) in [5.41, 5.74) is 1.25. The zero-order valence-corrected chi connectivity index (χ0v) is 17.8. The van der Waals surface area contributed by atoms with Crippen LogP contribution in [0.5, 0.6) is 11.5 Å². The second-order valence-corrected chi connectivity index (χ2v) is 7.75. The molecule has 0 spiro atoms. The van der Waals surface area contributed by atoms with Gasteiger partial charge in [-0.2, -0.15) is 0 Å². The average molecular weight is 495 g/mol. The molecule has 0 unspecified atom stereocenters. The zero-order valence-electron chi connectivity index (χ0n) is 15.7. The van der Waals surface area contributed by atoms with E-state index in [1.165, 1.54) is 18.2 Å². The van der Waals surface area contributed by atoms with Crippen LogP contribution < -0.4 is 9.47 Å². The maximum absolute atomic E-state index is 13.4. The topological polar surface area (TPSA) is 57.1 Å². The molecule has 0 amide bonds. The van der Waals surface area contributed by atoms with Crippen LogP contribution in [0.25, 0.3) is 6.08 Å². The summed E-state index contributed by atoms with van der Waals surface area (Å²) in [6.07, 6.45) is 1.60. The molecule has 5 nitrogen and oxygen atoms in total. The summed E-state index contributed by atoms with van der Waals surface area (Å²) in [5.74, 6) is 0.677. The van der Waals surface area contributed by atoms with Gasteiger partial charge >= 0.3 is 5.97 Å². The highest BCUT2D eigenvalue weighted by molar-refractivity contribution is 14.1. The van der Waals surface area contributed by atoms with Gasteiger partial charge in [-0.1, -0.05) is 19.9 Å². The molecule has 1 aliphatic rings. The van der Waals surface area contributed by atoms with Gasteiger partial charge in [0.05, 0.1) is 17.3 Å². The van der Waals surface area contributed by atoms with E-state index in [1.807, 2.05) is 6.07 Å². The molecule has 0 bridgehead atoms. The lowest BCUT2D eigenvalue weighted by molar-refractivity contribution is -0.129. The van der Waals surface area contributed by atoms with E-state index >= 15 is 0 Å². The number of aliphatic imine (C=N–C) groups is 1. The van der Waals surface area contributed by atoms with E-state index in [1.54, 1.807) is 25.3 Å². The van der Waals surface area contributed by atoms with Crippen LogP contribution in [0, 0.1) is 15.3 Å². The largest absolute Gasteiger partial charge is 0.493 e. The van der Waals surface area contributed by atoms with E-state index in [-0.39, 0.29) is 11.6 Å². The number of hydrogen-bond acceptors (Lipinski definition) is 5. The van der Waals surface area contributed by atoms with Gasteiger partial charge in [-0.05, 0) is 70.5 Å². The Bertz CT molecular complexity index is 969. The number of cyclic esters (lactones) is 1. The molecule has 0 saturated carbocycles. The third-order valence-electron chi connectivity index (χ3n) is 3.81. The lowest BCUT2D eigenvalue weighted by Crippen LogP contribution is -2.07. The van der Waals surface area contributed by atoms with Gasteiger partial charge < -0.3 is 14.2 Å². The molecule has 2 aromatic carbocycles. The first-order valence-electron chi connectivity index (χ1n) is 8.66. The fourth-order valence-corrected chi connectivity index (χ4v) is 3.31. The van der Waals surface area contributed by atoms with Crippen LogP contribution in [0.2, 0.25) is 0 Å². The van der Waals surface area contributed by atoms with Gasteiger partial charge in [0.2, 0.25) is 5.90 Å². The van der Waals surface area contributed by atoms with E-state index in [9.17, 15) is 9.18 Å². The van der Waals surface area contributed by atoms with Crippen LogP contribution in [0.3, 0.4) is 0 Å². The molecule has 0 aromatic heterocycles. The zero-order chi connectivity index (χ0) is 20.3. The van der Waals surface area contributed by atoms with Crippen molar-refractivity contribution in [1.82, 2.24) is 0 Å². The maximum Gasteiger partial charge on any atom is 0.363 e. The molecule has 2 aromatic rings. The summed E-state index contributed by atoms with van der Waals surface area (Å²) in [6.45, 7) is 4.70. The third-order valence-corrected chi connectivity index (χ3v) is 4.61. The van der Waals surface area contributed by atoms with Gasteiger partial charge in [0.1, 0.15) is 5.82 Å². The molecule has 0 radical (unpaired) electrons. The fraction of sp³-hybridized carbons (Fsp3) is 0.238. The molecule has 0 fully saturated rings. The Labute approximate surface area is 176 Å². The number of esters is 1. The Kier molecular flexibility index (Phi) is 6.33. The second kappa shape index (κ2) is 8.72. The summed E-state index contributed by atoms with van der Waals surface area (Å²) in [7, 11) is 1.56. The summed E-state index contributed by atoms with van der Waals surface area (Å²) < 4.78 is 30.7. The monoisotopic (exact) mass is 495 g/mol. The number of nitrogens with zero attached hydrogens (tertiary/aromatic N) is 1. The summed E-state index contributed by atoms with van der Waals surface area (Å²) in [4.78, 5) is 16.4. The van der Waals surface area contributed by atoms with E-state index in [4.69, 9.17) is 14.2 Å². The third kappa shape index (κ3) is 4.70. The normalized spacial score (nSPS) is 15.0. The van der Waals surface area contributed by atoms with Crippen molar-refractivity contribution in [2.75, 3.05) is 13.7 Å². The Balaban J connectivity index is 1.92. The number of halogens is 2. The van der Waals surface area contributed by atoms with Crippen LogP contribution >= 0.6 is 22.6 Å². The minimum Gasteiger partial charge on any atom is -0.493 e. The van der Waals surface area contributed by atoms with E-state index in [0.717, 1.165) is 3.57 Å². The molecule has 28 heavy (non-hydrogen) atoms. The molecule has 1 aliphatic heterocycles. The predicted molar refractivity (Wildman–Crippen MR) is 113 cm³/mol. The van der Waals surface area contributed by atoms with Crippen LogP contribution in [-0.2, 0) is 9.53 Å². The highest BCUT2D eigenvalue weighted by Crippen LogP contribution is 2.35. The smallest absolute Gasteiger partial charge is 0.363 e. The maximum atomic E-state index is 13.4. The summed E-state index contributed by atoms with van der Waals surface area (Å²) in [6, 6.07) is 9.38. The van der Waals surface area contributed by atoms with Gasteiger partial charge in [-0.3, -0.25) is 0 Å². The molecular formula is C21H19FINO4. The van der Waals surface area contributed by atoms with Gasteiger partial charge in [-0.15, -0.1) is 0 Å². The number of methoxy groups -OCH3 is 1. The Morgan fingerprint density at radius 1 is 1.29 bits per heavy atom. The van der Waals surface area contributed by atoms with Crippen molar-refractivity contribution in [2.45, 2.75) is 13.8 Å². The van der Waals surface area contributed by atoms with E-state index in [2.05, 4.69) is 41.4 Å². The van der Waals surface area contributed by atoms with Crippen molar-refractivity contribution < 1.29 is 23.4 Å². The first-order chi connectivity index (χ1) is 13.4. The van der Waals surface area contributed by atoms with Crippen molar-refractivity contribution in [3.05, 3.63) is 62.6 Å². The molecule has 146 valence electrons. The van der Waals surface area contributed by atoms with Crippen molar-refractivity contribution in [1.29, 1.82) is 0 Å². The van der Waals surface area contributed by atoms with Crippen LogP contribution in [-0.4, -0.2) is 25.6 Å². The number of carbonyl (C=O) groups excluding carboxylic acids is 1. The van der Waals surface area contributed by atoms with Gasteiger partial charge in [0.25, 0.3) is 0 Å². The predicted octanol–water partition coefficient (Wildman–Crippen LogP) is 4.82. The van der Waals surface area contributed by atoms with E-state index in [0.29, 0.717) is 35.2 Å². The SMILES string of the molecule is COc1cc(/C=C2\N=C(c3cccc(F)c3)OC2=O)cc(I)c1OCC(C)C. The molecule has 0 saturated heterocycles. The average Bonchev–Trinajstić information content (AvgIpc) is 3.01. The van der Waals surface area contributed by atoms with Gasteiger partial charge in [0.15, 0.2) is 17.2 Å². The molecule has 1 heterocycles. The Hall–Kier alpha value is -2.42. The van der Waals surface area contributed by atoms with E-state index < -0.39 is 11.8 Å². The molecule has 0 atom stereocenters. The number of benzene rings is 2. The number of ether oxygens (including phenoxy) is 3. The Morgan fingerprint density at radius 2 is 2.07 bits per heavy atom. The standard InChI is InChI=1S/C21H19FINO4/c1-12(2)11-27-19-16(23)7-13(9-18(19)26-3)8-17-21(25)28-20(24-17)14-5-4-6-15(22)10-14/h4-10,12H,11H2,1-3H3/b17-8-. The van der Waals surface area contributed by atoms with Crippen LogP contribution in [0.1, 0.15) is 25.0 Å². The molecule has 3 rings (SSSR count). The molecule has 7 heteroatoms. The van der Waals surface area contributed by atoms with Gasteiger partial charge in [0, 0.05) is 5.56 Å². The Morgan fingerprint density at radius 3 is 2.75 bits per heavy atom. The van der Waals surface area contributed by atoms with Crippen molar-refractivity contribution in [3.8, 4) is 11.5 Å². The summed E-state index contributed by atoms with van der Waals surface area (Å²) in [5, 5.41) is 0. The number of rotatable bonds is 6. The highest BCUT2D eigenvalue weighted by atomic mass is 127. The number of hydrogen-bond donors (Lipinski definition) is 0. The van der Waals surface area contributed by atoms with Crippen LogP contribution in [0.4, 0.5) is 4.39 Å². The second-order valence-electron chi connectivity index (χ2n) is 6.59. The van der Waals surface area contributed by atoms with Crippen LogP contribution in [0.15, 0.2) is 47.1 Å². The first kappa shape index (κ1) is 20.3. The quantitative estimate of drug-likeness (QED) is 0.328. The fourth-order valence-electron chi connectivity index (χ4n) is 2.53. The minimum absolute atomic E-state index is 0.0781. The van der Waals surface area contributed by atoms with Crippen molar-refractivity contribution >= 4 is 40.5 Å². The van der Waals surface area contributed by atoms with Crippen molar-refractivity contribution in [3.63, 3.8) is 0 Å². The minimum atomic E-state index is -0.589. The molecule has 0 N–H and O–H groups in total.